The fourth-order valence-corrected chi connectivity index (χ4v) is 2.82. The van der Waals surface area contributed by atoms with Gasteiger partial charge in [0, 0.05) is 5.56 Å². The predicted molar refractivity (Wildman–Crippen MR) is 90.7 cm³/mol. The number of aromatic amines is 2. The van der Waals surface area contributed by atoms with Gasteiger partial charge in [0.1, 0.15) is 17.5 Å². The van der Waals surface area contributed by atoms with Crippen LogP contribution >= 0.6 is 0 Å². The second kappa shape index (κ2) is 4.95. The van der Waals surface area contributed by atoms with E-state index in [1.54, 1.807) is 0 Å². The Hall–Kier alpha value is -3.15. The lowest BCUT2D eigenvalue weighted by molar-refractivity contribution is 0.960. The number of nitrogen functional groups attached to an aromatic ring is 1. The van der Waals surface area contributed by atoms with Crippen molar-refractivity contribution in [2.75, 3.05) is 0 Å². The highest BCUT2D eigenvalue weighted by molar-refractivity contribution is 5.98. The Labute approximate surface area is 132 Å². The molecule has 0 radical (unpaired) electrons. The zero-order chi connectivity index (χ0) is 16.0. The first-order valence-electron chi connectivity index (χ1n) is 7.37. The lowest BCUT2D eigenvalue weighted by atomic mass is 10.1. The summed E-state index contributed by atoms with van der Waals surface area (Å²) in [6.45, 7) is 1.98. The van der Waals surface area contributed by atoms with Crippen molar-refractivity contribution in [3.05, 3.63) is 59.2 Å². The molecule has 0 atom stereocenters. The highest BCUT2D eigenvalue weighted by Gasteiger charge is 2.11. The van der Waals surface area contributed by atoms with Crippen LogP contribution in [0.4, 0.5) is 0 Å². The number of fused-ring (bicyclic) bond motifs is 2. The summed E-state index contributed by atoms with van der Waals surface area (Å²) in [6, 6.07) is 11.7. The molecule has 114 valence electrons. The van der Waals surface area contributed by atoms with E-state index in [0.717, 1.165) is 39.3 Å². The highest BCUT2D eigenvalue weighted by Crippen LogP contribution is 2.20. The van der Waals surface area contributed by atoms with Crippen LogP contribution in [0.3, 0.4) is 0 Å². The molecule has 0 spiro atoms. The van der Waals surface area contributed by atoms with Crippen LogP contribution in [0.5, 0.6) is 0 Å². The number of benzene rings is 2. The molecule has 0 fully saturated rings. The van der Waals surface area contributed by atoms with Gasteiger partial charge >= 0.3 is 0 Å². The Bertz CT molecular complexity index is 1010. The molecule has 6 heteroatoms. The molecule has 0 aliphatic heterocycles. The molecular formula is C17H16N6. The van der Waals surface area contributed by atoms with Gasteiger partial charge in [0.2, 0.25) is 0 Å². The summed E-state index contributed by atoms with van der Waals surface area (Å²) >= 11 is 0. The van der Waals surface area contributed by atoms with Crippen LogP contribution in [0.1, 0.15) is 22.8 Å². The third-order valence-electron chi connectivity index (χ3n) is 3.92. The maximum atomic E-state index is 7.58. The maximum absolute atomic E-state index is 7.58. The Balaban J connectivity index is 1.74. The summed E-state index contributed by atoms with van der Waals surface area (Å²) in [5, 5.41) is 7.58. The molecule has 2 heterocycles. The molecule has 0 unspecified atom stereocenters. The van der Waals surface area contributed by atoms with Crippen LogP contribution in [0.25, 0.3) is 22.1 Å². The summed E-state index contributed by atoms with van der Waals surface area (Å²) in [5.74, 6) is 1.76. The molecule has 0 aliphatic rings. The lowest BCUT2D eigenvalue weighted by Gasteiger charge is -2.00. The summed E-state index contributed by atoms with van der Waals surface area (Å²) in [4.78, 5) is 15.8. The van der Waals surface area contributed by atoms with Gasteiger partial charge in [-0.05, 0) is 36.8 Å². The standard InChI is InChI=1S/C17H16N6/c1-9-6-10(17(18)19)7-13-16(9)23-15(22-13)8-14-20-11-4-2-3-5-12(11)21-14/h2-7H,8H2,1H3,(H3,18,19)(H,20,21)(H,22,23). The Morgan fingerprint density at radius 3 is 2.61 bits per heavy atom. The Kier molecular flexibility index (Phi) is 2.90. The van der Waals surface area contributed by atoms with E-state index in [4.69, 9.17) is 11.1 Å². The van der Waals surface area contributed by atoms with Crippen molar-refractivity contribution in [2.24, 2.45) is 5.73 Å². The van der Waals surface area contributed by atoms with Crippen molar-refractivity contribution in [2.45, 2.75) is 13.3 Å². The minimum atomic E-state index is 0.0526. The van der Waals surface area contributed by atoms with Crippen molar-refractivity contribution in [1.82, 2.24) is 19.9 Å². The fourth-order valence-electron chi connectivity index (χ4n) is 2.82. The third kappa shape index (κ3) is 2.34. The van der Waals surface area contributed by atoms with Crippen molar-refractivity contribution in [1.29, 1.82) is 5.41 Å². The first-order valence-corrected chi connectivity index (χ1v) is 7.37. The van der Waals surface area contributed by atoms with E-state index in [1.807, 2.05) is 43.3 Å². The molecule has 4 rings (SSSR count). The summed E-state index contributed by atoms with van der Waals surface area (Å²) in [7, 11) is 0. The van der Waals surface area contributed by atoms with E-state index in [0.29, 0.717) is 12.0 Å². The van der Waals surface area contributed by atoms with Crippen molar-refractivity contribution >= 4 is 27.9 Å². The molecule has 0 saturated carbocycles. The van der Waals surface area contributed by atoms with Crippen molar-refractivity contribution in [3.8, 4) is 0 Å². The predicted octanol–water partition coefficient (Wildman–Crippen LogP) is 2.62. The number of nitrogens with one attached hydrogen (secondary N) is 3. The quantitative estimate of drug-likeness (QED) is 0.345. The molecule has 0 aliphatic carbocycles. The average Bonchev–Trinajstić information content (AvgIpc) is 3.10. The largest absolute Gasteiger partial charge is 0.384 e. The first kappa shape index (κ1) is 13.5. The van der Waals surface area contributed by atoms with Gasteiger partial charge < -0.3 is 15.7 Å². The van der Waals surface area contributed by atoms with Crippen LogP contribution in [-0.2, 0) is 6.42 Å². The number of hydrogen-bond donors (Lipinski definition) is 4. The molecular weight excluding hydrogens is 288 g/mol. The van der Waals surface area contributed by atoms with E-state index in [9.17, 15) is 0 Å². The van der Waals surface area contributed by atoms with Gasteiger partial charge in [-0.2, -0.15) is 0 Å². The molecule has 5 N–H and O–H groups in total. The van der Waals surface area contributed by atoms with Crippen LogP contribution in [0.15, 0.2) is 36.4 Å². The second-order valence-electron chi connectivity index (χ2n) is 5.66. The smallest absolute Gasteiger partial charge is 0.122 e. The maximum Gasteiger partial charge on any atom is 0.122 e. The number of aryl methyl sites for hydroxylation is 1. The van der Waals surface area contributed by atoms with E-state index in [2.05, 4.69) is 19.9 Å². The van der Waals surface area contributed by atoms with Crippen LogP contribution in [-0.4, -0.2) is 25.8 Å². The second-order valence-corrected chi connectivity index (χ2v) is 5.66. The number of nitrogens with two attached hydrogens (primary N) is 1. The van der Waals surface area contributed by atoms with E-state index in [1.165, 1.54) is 0 Å². The number of imidazole rings is 2. The van der Waals surface area contributed by atoms with E-state index < -0.39 is 0 Å². The number of amidine groups is 1. The van der Waals surface area contributed by atoms with Crippen LogP contribution < -0.4 is 5.73 Å². The van der Waals surface area contributed by atoms with Gasteiger partial charge in [-0.15, -0.1) is 0 Å². The van der Waals surface area contributed by atoms with Gasteiger partial charge in [-0.25, -0.2) is 9.97 Å². The summed E-state index contributed by atoms with van der Waals surface area (Å²) < 4.78 is 0. The SMILES string of the molecule is Cc1cc(C(=N)N)cc2nc(Cc3nc4ccccc4[nH]3)[nH]c12. The molecule has 23 heavy (non-hydrogen) atoms. The third-order valence-corrected chi connectivity index (χ3v) is 3.92. The number of para-hydroxylation sites is 2. The van der Waals surface area contributed by atoms with Crippen LogP contribution in [0.2, 0.25) is 0 Å². The monoisotopic (exact) mass is 304 g/mol. The van der Waals surface area contributed by atoms with Crippen molar-refractivity contribution < 1.29 is 0 Å². The minimum Gasteiger partial charge on any atom is -0.384 e. The van der Waals surface area contributed by atoms with E-state index >= 15 is 0 Å². The topological polar surface area (TPSA) is 107 Å². The summed E-state index contributed by atoms with van der Waals surface area (Å²) in [6.07, 6.45) is 0.595. The highest BCUT2D eigenvalue weighted by atomic mass is 15.0. The molecule has 0 bridgehead atoms. The van der Waals surface area contributed by atoms with Gasteiger partial charge in [0.15, 0.2) is 0 Å². The number of rotatable bonds is 3. The van der Waals surface area contributed by atoms with Gasteiger partial charge in [-0.3, -0.25) is 5.41 Å². The number of hydrogen-bond acceptors (Lipinski definition) is 3. The molecule has 0 saturated heterocycles. The molecule has 4 aromatic rings. The Morgan fingerprint density at radius 2 is 1.83 bits per heavy atom. The Morgan fingerprint density at radius 1 is 1.09 bits per heavy atom. The minimum absolute atomic E-state index is 0.0526. The first-order chi connectivity index (χ1) is 11.1. The van der Waals surface area contributed by atoms with Gasteiger partial charge in [0.05, 0.1) is 28.5 Å². The fraction of sp³-hybridized carbons (Fsp3) is 0.118. The zero-order valence-corrected chi connectivity index (χ0v) is 12.6. The normalized spacial score (nSPS) is 11.3. The lowest BCUT2D eigenvalue weighted by Crippen LogP contribution is -2.11. The number of nitrogens with zero attached hydrogens (tertiary/aromatic N) is 2. The van der Waals surface area contributed by atoms with Gasteiger partial charge in [0.25, 0.3) is 0 Å². The van der Waals surface area contributed by atoms with Gasteiger partial charge in [-0.1, -0.05) is 12.1 Å². The average molecular weight is 304 g/mol. The zero-order valence-electron chi connectivity index (χ0n) is 12.6. The number of aromatic nitrogens is 4. The molecule has 2 aromatic heterocycles. The summed E-state index contributed by atoms with van der Waals surface area (Å²) in [5.41, 5.74) is 11.1. The molecule has 6 nitrogen and oxygen atoms in total. The molecule has 2 aromatic carbocycles. The molecule has 0 amide bonds. The van der Waals surface area contributed by atoms with Crippen LogP contribution in [0, 0.1) is 12.3 Å². The van der Waals surface area contributed by atoms with E-state index in [-0.39, 0.29) is 5.84 Å². The number of H-pyrrole nitrogens is 2. The van der Waals surface area contributed by atoms with Crippen molar-refractivity contribution in [3.63, 3.8) is 0 Å².